The van der Waals surface area contributed by atoms with Gasteiger partial charge in [-0.25, -0.2) is 0 Å². The molecule has 5 nitrogen and oxygen atoms in total. The highest BCUT2D eigenvalue weighted by Crippen LogP contribution is 2.44. The van der Waals surface area contributed by atoms with Gasteiger partial charge >= 0.3 is 0 Å². The van der Waals surface area contributed by atoms with Gasteiger partial charge in [-0.05, 0) is 25.5 Å². The number of carbonyl (C=O) groups excluding carboxylic acids is 1. The molecule has 0 bridgehead atoms. The summed E-state index contributed by atoms with van der Waals surface area (Å²) >= 11 is 0. The van der Waals surface area contributed by atoms with Crippen molar-refractivity contribution in [2.24, 2.45) is 0 Å². The van der Waals surface area contributed by atoms with Gasteiger partial charge in [0.25, 0.3) is 0 Å². The van der Waals surface area contributed by atoms with Crippen LogP contribution in [0.3, 0.4) is 0 Å². The molecule has 3 rings (SSSR count). The number of aliphatic hydroxyl groups excluding tert-OH is 1. The maximum absolute atomic E-state index is 12.4. The number of fused-ring (bicyclic) bond motifs is 1. The molecule has 25 heavy (non-hydrogen) atoms. The van der Waals surface area contributed by atoms with Crippen LogP contribution >= 0.6 is 0 Å². The summed E-state index contributed by atoms with van der Waals surface area (Å²) in [5.41, 5.74) is 0.112. The van der Waals surface area contributed by atoms with E-state index in [0.717, 1.165) is 5.56 Å². The zero-order chi connectivity index (χ0) is 18.2. The molecule has 1 aliphatic heterocycles. The van der Waals surface area contributed by atoms with Gasteiger partial charge in [0.1, 0.15) is 28.4 Å². The molecule has 0 aromatic heterocycles. The minimum absolute atomic E-state index is 0.136. The number of ether oxygens (including phenoxy) is 1. The van der Waals surface area contributed by atoms with Crippen LogP contribution in [0.2, 0.25) is 0 Å². The van der Waals surface area contributed by atoms with E-state index in [1.165, 1.54) is 12.1 Å². The molecule has 0 saturated carbocycles. The van der Waals surface area contributed by atoms with Gasteiger partial charge in [0.05, 0.1) is 6.10 Å². The van der Waals surface area contributed by atoms with Gasteiger partial charge < -0.3 is 20.1 Å². The number of allylic oxidation sites excluding steroid dienone is 1. The third-order valence-corrected chi connectivity index (χ3v) is 4.39. The second-order valence-electron chi connectivity index (χ2n) is 6.63. The molecule has 2 aromatic carbocycles. The minimum atomic E-state index is -0.843. The lowest BCUT2D eigenvalue weighted by Crippen LogP contribution is -2.46. The highest BCUT2D eigenvalue weighted by atomic mass is 16.5. The van der Waals surface area contributed by atoms with E-state index in [9.17, 15) is 20.1 Å². The molecule has 0 radical (unpaired) electrons. The van der Waals surface area contributed by atoms with Crippen molar-refractivity contribution < 1.29 is 24.9 Å². The second kappa shape index (κ2) is 6.26. The summed E-state index contributed by atoms with van der Waals surface area (Å²) in [7, 11) is 0. The fourth-order valence-corrected chi connectivity index (χ4v) is 2.81. The average molecular weight is 340 g/mol. The van der Waals surface area contributed by atoms with Crippen LogP contribution in [0.5, 0.6) is 17.2 Å². The van der Waals surface area contributed by atoms with Crippen molar-refractivity contribution in [1.82, 2.24) is 0 Å². The second-order valence-corrected chi connectivity index (χ2v) is 6.63. The summed E-state index contributed by atoms with van der Waals surface area (Å²) in [4.78, 5) is 12.4. The zero-order valence-corrected chi connectivity index (χ0v) is 14.1. The molecular weight excluding hydrogens is 320 g/mol. The Bertz CT molecular complexity index is 837. The number of carbonyl (C=O) groups is 1. The summed E-state index contributed by atoms with van der Waals surface area (Å²) in [6.07, 6.45) is 2.20. The van der Waals surface area contributed by atoms with Crippen LogP contribution in [0.15, 0.2) is 42.5 Å². The van der Waals surface area contributed by atoms with E-state index in [1.54, 1.807) is 19.9 Å². The normalized spacial score (nSPS) is 18.6. The Kier molecular flexibility index (Phi) is 4.27. The first-order valence-corrected chi connectivity index (χ1v) is 8.02. The molecule has 0 amide bonds. The average Bonchev–Trinajstić information content (AvgIpc) is 2.56. The van der Waals surface area contributed by atoms with Crippen molar-refractivity contribution in [1.29, 1.82) is 0 Å². The number of aromatic hydroxyl groups is 2. The first kappa shape index (κ1) is 17.0. The first-order valence-electron chi connectivity index (χ1n) is 8.02. The van der Waals surface area contributed by atoms with E-state index in [0.29, 0.717) is 5.56 Å². The third kappa shape index (κ3) is 3.23. The molecule has 1 heterocycles. The molecule has 1 aliphatic rings. The van der Waals surface area contributed by atoms with Crippen LogP contribution in [0.4, 0.5) is 0 Å². The number of rotatable bonds is 3. The Balaban J connectivity index is 1.97. The largest absolute Gasteiger partial charge is 0.507 e. The van der Waals surface area contributed by atoms with Crippen LogP contribution in [0.1, 0.15) is 35.3 Å². The smallest absolute Gasteiger partial charge is 0.193 e. The Hall–Kier alpha value is -2.79. The van der Waals surface area contributed by atoms with Crippen LogP contribution in [-0.4, -0.2) is 32.8 Å². The van der Waals surface area contributed by atoms with Crippen molar-refractivity contribution in [2.75, 3.05) is 0 Å². The number of phenols is 2. The maximum atomic E-state index is 12.4. The quantitative estimate of drug-likeness (QED) is 0.590. The summed E-state index contributed by atoms with van der Waals surface area (Å²) in [6, 6.07) is 10.5. The Morgan fingerprint density at radius 2 is 1.92 bits per heavy atom. The summed E-state index contributed by atoms with van der Waals surface area (Å²) in [5.74, 6) is -0.965. The SMILES string of the molecule is CC1(C)Oc2cc(O)c(C(=O)C=Cc3ccccc3)c(O)c2C[C@H]1O. The Morgan fingerprint density at radius 1 is 1.24 bits per heavy atom. The molecule has 3 N–H and O–H groups in total. The van der Waals surface area contributed by atoms with E-state index in [4.69, 9.17) is 4.74 Å². The lowest BCUT2D eigenvalue weighted by Gasteiger charge is -2.37. The number of phenolic OH excluding ortho intramolecular Hbond substituents is 2. The Morgan fingerprint density at radius 3 is 2.60 bits per heavy atom. The molecule has 0 saturated heterocycles. The fourth-order valence-electron chi connectivity index (χ4n) is 2.81. The van der Waals surface area contributed by atoms with Crippen LogP contribution < -0.4 is 4.74 Å². The van der Waals surface area contributed by atoms with Gasteiger partial charge in [0.2, 0.25) is 0 Å². The number of aliphatic hydroxyl groups is 1. The van der Waals surface area contributed by atoms with Crippen LogP contribution in [-0.2, 0) is 6.42 Å². The van der Waals surface area contributed by atoms with Crippen molar-refractivity contribution in [2.45, 2.75) is 32.0 Å². The monoisotopic (exact) mass is 340 g/mol. The van der Waals surface area contributed by atoms with Gasteiger partial charge in [0, 0.05) is 18.1 Å². The number of hydrogen-bond acceptors (Lipinski definition) is 5. The first-order chi connectivity index (χ1) is 11.8. The fraction of sp³-hybridized carbons (Fsp3) is 0.250. The predicted octanol–water partition coefficient (Wildman–Crippen LogP) is 3.07. The molecule has 130 valence electrons. The number of hydrogen-bond donors (Lipinski definition) is 3. The summed E-state index contributed by atoms with van der Waals surface area (Å²) in [6.45, 7) is 3.44. The van der Waals surface area contributed by atoms with Crippen molar-refractivity contribution in [3.05, 3.63) is 59.2 Å². The zero-order valence-electron chi connectivity index (χ0n) is 14.1. The molecule has 2 aromatic rings. The number of benzene rings is 2. The van der Waals surface area contributed by atoms with Crippen LogP contribution in [0, 0.1) is 0 Å². The minimum Gasteiger partial charge on any atom is -0.507 e. The molecular formula is C20H20O5. The summed E-state index contributed by atoms with van der Waals surface area (Å²) in [5, 5.41) is 30.8. The molecule has 0 unspecified atom stereocenters. The Labute approximate surface area is 145 Å². The van der Waals surface area contributed by atoms with Crippen molar-refractivity contribution in [3.63, 3.8) is 0 Å². The van der Waals surface area contributed by atoms with Gasteiger partial charge in [-0.2, -0.15) is 0 Å². The highest BCUT2D eigenvalue weighted by Gasteiger charge is 2.38. The van der Waals surface area contributed by atoms with E-state index in [-0.39, 0.29) is 29.2 Å². The van der Waals surface area contributed by atoms with Gasteiger partial charge in [0.15, 0.2) is 5.78 Å². The molecule has 0 aliphatic carbocycles. The van der Waals surface area contributed by atoms with Gasteiger partial charge in [-0.3, -0.25) is 4.79 Å². The van der Waals surface area contributed by atoms with Crippen molar-refractivity contribution >= 4 is 11.9 Å². The van der Waals surface area contributed by atoms with E-state index < -0.39 is 17.5 Å². The standard InChI is InChI=1S/C20H20O5/c1-20(2)17(23)10-13-16(25-20)11-15(22)18(19(13)24)14(21)9-8-12-6-4-3-5-7-12/h3-9,11,17,22-24H,10H2,1-2H3/t17-/m1/s1. The van der Waals surface area contributed by atoms with Crippen LogP contribution in [0.25, 0.3) is 6.08 Å². The molecule has 0 spiro atoms. The molecule has 5 heteroatoms. The van der Waals surface area contributed by atoms with E-state index in [1.807, 2.05) is 30.3 Å². The lowest BCUT2D eigenvalue weighted by molar-refractivity contribution is -0.0418. The summed E-state index contributed by atoms with van der Waals surface area (Å²) < 4.78 is 5.66. The van der Waals surface area contributed by atoms with Gasteiger partial charge in [-0.1, -0.05) is 36.4 Å². The van der Waals surface area contributed by atoms with Gasteiger partial charge in [-0.15, -0.1) is 0 Å². The number of ketones is 1. The topological polar surface area (TPSA) is 87.0 Å². The van der Waals surface area contributed by atoms with E-state index >= 15 is 0 Å². The molecule has 0 fully saturated rings. The van der Waals surface area contributed by atoms with Crippen molar-refractivity contribution in [3.8, 4) is 17.2 Å². The third-order valence-electron chi connectivity index (χ3n) is 4.39. The predicted molar refractivity (Wildman–Crippen MR) is 94.0 cm³/mol. The highest BCUT2D eigenvalue weighted by molar-refractivity contribution is 6.10. The lowest BCUT2D eigenvalue weighted by atomic mass is 9.89. The molecule has 1 atom stereocenters. The van der Waals surface area contributed by atoms with E-state index in [2.05, 4.69) is 0 Å². The maximum Gasteiger partial charge on any atom is 0.193 e.